The van der Waals surface area contributed by atoms with Gasteiger partial charge in [0.25, 0.3) is 5.69 Å². The summed E-state index contributed by atoms with van der Waals surface area (Å²) in [6.45, 7) is 0. The Hall–Kier alpha value is -2.10. The first-order valence-corrected chi connectivity index (χ1v) is 14.3. The third-order valence-corrected chi connectivity index (χ3v) is 9.24. The Bertz CT molecular complexity index is 1310. The molecule has 0 fully saturated rings. The molecule has 0 amide bonds. The van der Waals surface area contributed by atoms with Crippen molar-refractivity contribution in [2.45, 2.75) is 18.9 Å². The molecule has 0 spiro atoms. The molecule has 0 aliphatic heterocycles. The highest BCUT2D eigenvalue weighted by atomic mass is 79.9. The molecule has 1 atom stereocenters. The summed E-state index contributed by atoms with van der Waals surface area (Å²) in [5.74, 6) is 0.0998. The second kappa shape index (κ2) is 11.9. The predicted molar refractivity (Wildman–Crippen MR) is 133 cm³/mol. The molecule has 1 heterocycles. The van der Waals surface area contributed by atoms with Crippen molar-refractivity contribution >= 4 is 71.4 Å². The average Bonchev–Trinajstić information content (AvgIpc) is 3.22. The summed E-state index contributed by atoms with van der Waals surface area (Å²) in [7, 11) is -3.81. The number of thioether (sulfide) groups is 1. The number of thiophene rings is 1. The van der Waals surface area contributed by atoms with Crippen molar-refractivity contribution in [3.63, 3.8) is 0 Å². The fraction of sp³-hybridized carbons (Fsp3) is 0.105. The normalized spacial score (nSPS) is 11.8. The van der Waals surface area contributed by atoms with Crippen molar-refractivity contribution in [2.75, 3.05) is 13.4 Å². The lowest BCUT2D eigenvalue weighted by atomic mass is 10.3. The summed E-state index contributed by atoms with van der Waals surface area (Å²) in [6, 6.07) is 14.1. The Kier molecular flexibility index (Phi) is 9.75. The minimum atomic E-state index is -4.02. The first-order chi connectivity index (χ1) is 15.5. The molecule has 0 aliphatic carbocycles. The van der Waals surface area contributed by atoms with Crippen LogP contribution in [0.3, 0.4) is 0 Å². The van der Waals surface area contributed by atoms with Crippen LogP contribution in [0.4, 0.5) is 5.69 Å². The molecule has 3 N–H and O–H groups in total. The van der Waals surface area contributed by atoms with Crippen LogP contribution in [0.25, 0.3) is 0 Å². The number of para-hydroxylation sites is 1. The van der Waals surface area contributed by atoms with Crippen LogP contribution in [0.5, 0.6) is 0 Å². The van der Waals surface area contributed by atoms with Crippen LogP contribution in [-0.4, -0.2) is 36.8 Å². The average molecular weight is 593 g/mol. The first-order valence-electron chi connectivity index (χ1n) is 8.73. The van der Waals surface area contributed by atoms with Gasteiger partial charge in [-0.2, -0.15) is 0 Å². The summed E-state index contributed by atoms with van der Waals surface area (Å²) in [5.41, 5.74) is -0.509. The Balaban J connectivity index is 0.000000257. The van der Waals surface area contributed by atoms with E-state index in [4.69, 9.17) is 15.3 Å². The summed E-state index contributed by atoms with van der Waals surface area (Å²) < 4.78 is 41.1. The summed E-state index contributed by atoms with van der Waals surface area (Å²) >= 11 is 6.35. The van der Waals surface area contributed by atoms with Gasteiger partial charge in [-0.3, -0.25) is 15.5 Å². The highest BCUT2D eigenvalue weighted by Gasteiger charge is 2.21. The second-order valence-corrected chi connectivity index (χ2v) is 12.0. The zero-order valence-corrected chi connectivity index (χ0v) is 22.0. The number of nitrogens with zero attached hydrogens (tertiary/aromatic N) is 1. The van der Waals surface area contributed by atoms with Gasteiger partial charge in [-0.25, -0.2) is 17.8 Å². The standard InChI is InChI=1S/C13H12BrNO2S3.C6H6N2O4S/c1-17-12(15)10-7-11(13(18-2)19-10)20(16)9-5-3-4-8(14)6-9;7-13(11,12)6-4-2-1-3-5(6)8(9)10/h3-7,15H,1-2H3;1-4H,(H2,7,11,12). The Morgan fingerprint density at radius 3 is 2.42 bits per heavy atom. The van der Waals surface area contributed by atoms with E-state index in [9.17, 15) is 22.7 Å². The molecule has 0 bridgehead atoms. The summed E-state index contributed by atoms with van der Waals surface area (Å²) in [5, 5.41) is 22.8. The SMILES string of the molecule is COC(=N)c1cc(S(=O)c2cccc(Br)c2)c(SC)s1.NS(=O)(=O)c1ccccc1[N+](=O)[O-]. The van der Waals surface area contributed by atoms with Gasteiger partial charge < -0.3 is 4.74 Å². The molecule has 0 saturated heterocycles. The van der Waals surface area contributed by atoms with E-state index < -0.39 is 36.3 Å². The summed E-state index contributed by atoms with van der Waals surface area (Å²) in [4.78, 5) is 11.3. The van der Waals surface area contributed by atoms with Crippen LogP contribution in [0.2, 0.25) is 0 Å². The monoisotopic (exact) mass is 591 g/mol. The van der Waals surface area contributed by atoms with E-state index in [1.165, 1.54) is 42.3 Å². The molecule has 0 aliphatic rings. The maximum Gasteiger partial charge on any atom is 0.289 e. The van der Waals surface area contributed by atoms with Crippen molar-refractivity contribution in [2.24, 2.45) is 5.14 Å². The van der Waals surface area contributed by atoms with Crippen molar-refractivity contribution < 1.29 is 22.3 Å². The number of benzene rings is 2. The van der Waals surface area contributed by atoms with E-state index in [0.29, 0.717) is 4.88 Å². The van der Waals surface area contributed by atoms with E-state index in [0.717, 1.165) is 30.6 Å². The zero-order chi connectivity index (χ0) is 24.8. The molecule has 3 aromatic rings. The van der Waals surface area contributed by atoms with E-state index in [1.807, 2.05) is 30.5 Å². The third kappa shape index (κ3) is 7.19. The number of nitrogens with one attached hydrogen (secondary N) is 1. The van der Waals surface area contributed by atoms with Crippen LogP contribution in [0.1, 0.15) is 4.88 Å². The number of nitro groups is 1. The third-order valence-electron chi connectivity index (χ3n) is 3.86. The quantitative estimate of drug-likeness (QED) is 0.139. The lowest BCUT2D eigenvalue weighted by Gasteiger charge is -2.02. The molecule has 1 unspecified atom stereocenters. The van der Waals surface area contributed by atoms with Gasteiger partial charge in [-0.15, -0.1) is 23.1 Å². The van der Waals surface area contributed by atoms with Gasteiger partial charge in [0.2, 0.25) is 15.9 Å². The molecular weight excluding hydrogens is 574 g/mol. The molecule has 1 aromatic heterocycles. The van der Waals surface area contributed by atoms with Crippen molar-refractivity contribution in [1.29, 1.82) is 5.41 Å². The lowest BCUT2D eigenvalue weighted by Crippen LogP contribution is -2.13. The number of primary sulfonamides is 1. The Morgan fingerprint density at radius 1 is 1.24 bits per heavy atom. The fourth-order valence-electron chi connectivity index (χ4n) is 2.40. The molecular formula is C19H18BrN3O6S4. The highest BCUT2D eigenvalue weighted by Crippen LogP contribution is 2.35. The van der Waals surface area contributed by atoms with Gasteiger partial charge in [0.15, 0.2) is 4.90 Å². The Labute approximate surface area is 209 Å². The number of rotatable bonds is 6. The number of ether oxygens (including phenoxy) is 1. The van der Waals surface area contributed by atoms with Crippen LogP contribution >= 0.6 is 39.0 Å². The first kappa shape index (κ1) is 27.1. The number of hydrogen-bond acceptors (Lipinski definition) is 9. The molecule has 33 heavy (non-hydrogen) atoms. The summed E-state index contributed by atoms with van der Waals surface area (Å²) in [6.07, 6.45) is 1.94. The fourth-order valence-corrected chi connectivity index (χ4v) is 7.20. The number of methoxy groups -OCH3 is 1. The van der Waals surface area contributed by atoms with Crippen LogP contribution < -0.4 is 5.14 Å². The highest BCUT2D eigenvalue weighted by molar-refractivity contribution is 9.10. The predicted octanol–water partition coefficient (Wildman–Crippen LogP) is 4.61. The molecule has 2 aromatic carbocycles. The zero-order valence-electron chi connectivity index (χ0n) is 17.2. The molecule has 3 rings (SSSR count). The van der Waals surface area contributed by atoms with Gasteiger partial charge in [-0.1, -0.05) is 34.1 Å². The van der Waals surface area contributed by atoms with E-state index in [2.05, 4.69) is 15.9 Å². The van der Waals surface area contributed by atoms with Crippen LogP contribution in [-0.2, 0) is 25.6 Å². The minimum Gasteiger partial charge on any atom is -0.480 e. The lowest BCUT2D eigenvalue weighted by molar-refractivity contribution is -0.387. The van der Waals surface area contributed by atoms with Gasteiger partial charge in [0.1, 0.15) is 0 Å². The number of hydrogen-bond donors (Lipinski definition) is 2. The van der Waals surface area contributed by atoms with Gasteiger partial charge >= 0.3 is 0 Å². The second-order valence-electron chi connectivity index (χ2n) is 6.00. The number of sulfonamides is 1. The maximum absolute atomic E-state index is 12.7. The number of halogens is 1. The molecule has 0 saturated carbocycles. The van der Waals surface area contributed by atoms with E-state index >= 15 is 0 Å². The maximum atomic E-state index is 12.7. The minimum absolute atomic E-state index is 0.0998. The Morgan fingerprint density at radius 2 is 1.91 bits per heavy atom. The van der Waals surface area contributed by atoms with Gasteiger partial charge in [0.05, 0.1) is 36.8 Å². The van der Waals surface area contributed by atoms with Crippen molar-refractivity contribution in [1.82, 2.24) is 0 Å². The topological polar surface area (TPSA) is 153 Å². The van der Waals surface area contributed by atoms with Crippen molar-refractivity contribution in [3.05, 3.63) is 74.1 Å². The van der Waals surface area contributed by atoms with Crippen LogP contribution in [0, 0.1) is 15.5 Å². The number of nitrogens with two attached hydrogens (primary N) is 1. The molecule has 176 valence electrons. The van der Waals surface area contributed by atoms with E-state index in [1.54, 1.807) is 6.07 Å². The molecule has 9 nitrogen and oxygen atoms in total. The van der Waals surface area contributed by atoms with E-state index in [-0.39, 0.29) is 5.90 Å². The molecule has 14 heteroatoms. The van der Waals surface area contributed by atoms with Crippen molar-refractivity contribution in [3.8, 4) is 0 Å². The molecule has 0 radical (unpaired) electrons. The smallest absolute Gasteiger partial charge is 0.289 e. The van der Waals surface area contributed by atoms with Crippen LogP contribution in [0.15, 0.2) is 78.0 Å². The van der Waals surface area contributed by atoms with Gasteiger partial charge in [-0.05, 0) is 36.6 Å². The largest absolute Gasteiger partial charge is 0.480 e. The van der Waals surface area contributed by atoms with Gasteiger partial charge in [0, 0.05) is 15.4 Å². The number of nitro benzene ring substituents is 1.